The van der Waals surface area contributed by atoms with Crippen LogP contribution in [0.2, 0.25) is 0 Å². The minimum absolute atomic E-state index is 0.124. The number of carbonyl (C=O) groups is 1. The second-order valence-corrected chi connectivity index (χ2v) is 7.14. The van der Waals surface area contributed by atoms with Gasteiger partial charge in [-0.1, -0.05) is 38.8 Å². The van der Waals surface area contributed by atoms with Gasteiger partial charge in [-0.2, -0.15) is 5.26 Å². The van der Waals surface area contributed by atoms with Crippen molar-refractivity contribution >= 4 is 5.91 Å². The van der Waals surface area contributed by atoms with E-state index >= 15 is 0 Å². The van der Waals surface area contributed by atoms with E-state index in [0.717, 1.165) is 6.42 Å². The van der Waals surface area contributed by atoms with E-state index in [-0.39, 0.29) is 11.3 Å². The molecule has 0 spiro atoms. The number of hydrogen-bond donors (Lipinski definition) is 1. The van der Waals surface area contributed by atoms with Crippen molar-refractivity contribution in [2.24, 2.45) is 5.41 Å². The summed E-state index contributed by atoms with van der Waals surface area (Å²) >= 11 is 0. The molecule has 0 bridgehead atoms. The molecule has 3 heteroatoms. The average molecular weight is 282 g/mol. The zero-order valence-corrected chi connectivity index (χ0v) is 12.8. The number of rotatable bonds is 3. The molecule has 3 nitrogen and oxygen atoms in total. The Bertz CT molecular complexity index is 591. The Labute approximate surface area is 126 Å². The van der Waals surface area contributed by atoms with Crippen molar-refractivity contribution < 1.29 is 4.79 Å². The molecule has 3 rings (SSSR count). The van der Waals surface area contributed by atoms with Crippen LogP contribution in [0.3, 0.4) is 0 Å². The number of hydrogen-bond acceptors (Lipinski definition) is 2. The molecule has 1 aromatic rings. The number of carbonyl (C=O) groups excluding carboxylic acids is 1. The normalized spacial score (nSPS) is 27.1. The third kappa shape index (κ3) is 2.44. The van der Waals surface area contributed by atoms with Gasteiger partial charge in [0.1, 0.15) is 5.54 Å². The Balaban J connectivity index is 1.70. The predicted molar refractivity (Wildman–Crippen MR) is 81.9 cm³/mol. The molecule has 110 valence electrons. The van der Waals surface area contributed by atoms with E-state index in [1.54, 1.807) is 0 Å². The maximum Gasteiger partial charge on any atom is 0.252 e. The Morgan fingerprint density at radius 2 is 1.81 bits per heavy atom. The van der Waals surface area contributed by atoms with Gasteiger partial charge in [0.25, 0.3) is 5.91 Å². The summed E-state index contributed by atoms with van der Waals surface area (Å²) < 4.78 is 0. The standard InChI is InChI=1S/C18H22N2O/c1-17(2)11-18(17,12-19)20-16(21)15-9-7-14(8-10-15)13-5-3-4-6-13/h7-10,13H,3-6,11H2,1-2H3,(H,20,21). The highest BCUT2D eigenvalue weighted by Gasteiger charge is 2.63. The quantitative estimate of drug-likeness (QED) is 0.917. The van der Waals surface area contributed by atoms with Crippen LogP contribution >= 0.6 is 0 Å². The monoisotopic (exact) mass is 282 g/mol. The number of nitrogens with one attached hydrogen (secondary N) is 1. The summed E-state index contributed by atoms with van der Waals surface area (Å²) in [4.78, 5) is 12.3. The molecule has 2 aliphatic rings. The van der Waals surface area contributed by atoms with Crippen molar-refractivity contribution in [3.05, 3.63) is 35.4 Å². The smallest absolute Gasteiger partial charge is 0.252 e. The van der Waals surface area contributed by atoms with Crippen LogP contribution in [-0.2, 0) is 0 Å². The summed E-state index contributed by atoms with van der Waals surface area (Å²) in [7, 11) is 0. The Morgan fingerprint density at radius 3 is 2.29 bits per heavy atom. The first kappa shape index (κ1) is 14.1. The van der Waals surface area contributed by atoms with E-state index in [4.69, 9.17) is 0 Å². The van der Waals surface area contributed by atoms with Crippen molar-refractivity contribution in [1.82, 2.24) is 5.32 Å². The van der Waals surface area contributed by atoms with Crippen LogP contribution in [0.4, 0.5) is 0 Å². The van der Waals surface area contributed by atoms with Crippen LogP contribution in [0.15, 0.2) is 24.3 Å². The molecule has 2 saturated carbocycles. The van der Waals surface area contributed by atoms with Gasteiger partial charge < -0.3 is 5.32 Å². The minimum atomic E-state index is -0.686. The Morgan fingerprint density at radius 1 is 1.24 bits per heavy atom. The molecule has 2 fully saturated rings. The third-order valence-electron chi connectivity index (χ3n) is 5.25. The fourth-order valence-electron chi connectivity index (χ4n) is 3.48. The molecule has 0 radical (unpaired) electrons. The van der Waals surface area contributed by atoms with Crippen LogP contribution in [0.5, 0.6) is 0 Å². The van der Waals surface area contributed by atoms with Gasteiger partial charge >= 0.3 is 0 Å². The van der Waals surface area contributed by atoms with Gasteiger partial charge in [0.2, 0.25) is 0 Å². The number of benzene rings is 1. The second-order valence-electron chi connectivity index (χ2n) is 7.14. The third-order valence-corrected chi connectivity index (χ3v) is 5.25. The van der Waals surface area contributed by atoms with Crippen LogP contribution in [0.25, 0.3) is 0 Å². The summed E-state index contributed by atoms with van der Waals surface area (Å²) in [6.07, 6.45) is 5.87. The van der Waals surface area contributed by atoms with Gasteiger partial charge in [-0.3, -0.25) is 4.79 Å². The van der Waals surface area contributed by atoms with E-state index in [2.05, 4.69) is 23.5 Å². The van der Waals surface area contributed by atoms with Crippen LogP contribution < -0.4 is 5.32 Å². The maximum atomic E-state index is 12.3. The van der Waals surface area contributed by atoms with Crippen LogP contribution in [0, 0.1) is 16.7 Å². The molecule has 1 atom stereocenters. The molecule has 0 saturated heterocycles. The molecule has 2 aliphatic carbocycles. The first-order valence-corrected chi connectivity index (χ1v) is 7.81. The summed E-state index contributed by atoms with van der Waals surface area (Å²) in [6.45, 7) is 4.03. The van der Waals surface area contributed by atoms with Gasteiger partial charge in [-0.15, -0.1) is 0 Å². The highest BCUT2D eigenvalue weighted by molar-refractivity contribution is 5.95. The molecular weight excluding hydrogens is 260 g/mol. The first-order chi connectivity index (χ1) is 9.97. The number of nitriles is 1. The van der Waals surface area contributed by atoms with E-state index in [9.17, 15) is 10.1 Å². The largest absolute Gasteiger partial charge is 0.333 e. The van der Waals surface area contributed by atoms with E-state index in [1.807, 2.05) is 26.0 Å². The lowest BCUT2D eigenvalue weighted by atomic mass is 9.96. The van der Waals surface area contributed by atoms with Crippen molar-refractivity contribution in [3.63, 3.8) is 0 Å². The van der Waals surface area contributed by atoms with Crippen LogP contribution in [0.1, 0.15) is 67.8 Å². The van der Waals surface area contributed by atoms with Gasteiger partial charge in [-0.25, -0.2) is 0 Å². The van der Waals surface area contributed by atoms with Crippen molar-refractivity contribution in [2.75, 3.05) is 0 Å². The predicted octanol–water partition coefficient (Wildman–Crippen LogP) is 3.77. The number of nitrogens with zero attached hydrogens (tertiary/aromatic N) is 1. The fraction of sp³-hybridized carbons (Fsp3) is 0.556. The maximum absolute atomic E-state index is 12.3. The molecule has 1 unspecified atom stereocenters. The van der Waals surface area contributed by atoms with Crippen molar-refractivity contribution in [1.29, 1.82) is 5.26 Å². The van der Waals surface area contributed by atoms with Crippen LogP contribution in [-0.4, -0.2) is 11.4 Å². The molecular formula is C18H22N2O. The highest BCUT2D eigenvalue weighted by atomic mass is 16.1. The van der Waals surface area contributed by atoms with E-state index in [0.29, 0.717) is 11.5 Å². The SMILES string of the molecule is CC1(C)CC1(C#N)NC(=O)c1ccc(C2CCCC2)cc1. The fourth-order valence-corrected chi connectivity index (χ4v) is 3.48. The van der Waals surface area contributed by atoms with Gasteiger partial charge in [0.15, 0.2) is 0 Å². The van der Waals surface area contributed by atoms with Crippen molar-refractivity contribution in [2.45, 2.75) is 57.4 Å². The second kappa shape index (κ2) is 4.87. The Kier molecular flexibility index (Phi) is 3.28. The van der Waals surface area contributed by atoms with Crippen molar-refractivity contribution in [3.8, 4) is 6.07 Å². The zero-order valence-electron chi connectivity index (χ0n) is 12.8. The van der Waals surface area contributed by atoms with E-state index < -0.39 is 5.54 Å². The first-order valence-electron chi connectivity index (χ1n) is 7.81. The highest BCUT2D eigenvalue weighted by Crippen LogP contribution is 2.55. The summed E-state index contributed by atoms with van der Waals surface area (Å²) in [5.74, 6) is 0.523. The van der Waals surface area contributed by atoms with Gasteiger partial charge in [0.05, 0.1) is 6.07 Å². The molecule has 21 heavy (non-hydrogen) atoms. The van der Waals surface area contributed by atoms with Gasteiger partial charge in [-0.05, 0) is 42.9 Å². The molecule has 0 aliphatic heterocycles. The topological polar surface area (TPSA) is 52.9 Å². The zero-order chi connectivity index (χ0) is 15.1. The summed E-state index contributed by atoms with van der Waals surface area (Å²) in [5.41, 5.74) is 1.18. The van der Waals surface area contributed by atoms with Gasteiger partial charge in [0, 0.05) is 11.0 Å². The lowest BCUT2D eigenvalue weighted by molar-refractivity contribution is 0.0934. The summed E-state index contributed by atoms with van der Waals surface area (Å²) in [6, 6.07) is 10.2. The molecule has 0 heterocycles. The average Bonchev–Trinajstić information content (AvgIpc) is 2.87. The molecule has 1 aromatic carbocycles. The molecule has 0 aromatic heterocycles. The number of amides is 1. The lowest BCUT2D eigenvalue weighted by Crippen LogP contribution is -2.39. The minimum Gasteiger partial charge on any atom is -0.333 e. The molecule has 1 N–H and O–H groups in total. The Hall–Kier alpha value is -1.82. The van der Waals surface area contributed by atoms with E-state index in [1.165, 1.54) is 31.2 Å². The summed E-state index contributed by atoms with van der Waals surface area (Å²) in [5, 5.41) is 12.2. The molecule has 1 amide bonds. The lowest BCUT2D eigenvalue weighted by Gasteiger charge is -2.15.